The highest BCUT2D eigenvalue weighted by molar-refractivity contribution is 5.83. The molecule has 0 aliphatic carbocycles. The Morgan fingerprint density at radius 2 is 1.80 bits per heavy atom. The number of aliphatic hydroxyl groups is 1. The third-order valence-corrected chi connectivity index (χ3v) is 3.19. The maximum Gasteiger partial charge on any atom is 0.227 e. The molecule has 0 aliphatic heterocycles. The van der Waals surface area contributed by atoms with E-state index in [0.717, 1.165) is 12.1 Å². The zero-order valence-corrected chi connectivity index (χ0v) is 12.0. The van der Waals surface area contributed by atoms with Crippen LogP contribution in [0.4, 0.5) is 8.78 Å². The molecule has 1 amide bonds. The number of nitrogens with one attached hydrogen (secondary N) is 1. The average molecular weight is 285 g/mol. The number of carbonyl (C=O) groups excluding carboxylic acids is 1. The van der Waals surface area contributed by atoms with Gasteiger partial charge in [-0.25, -0.2) is 8.78 Å². The summed E-state index contributed by atoms with van der Waals surface area (Å²) in [6.07, 6.45) is 0.117. The monoisotopic (exact) mass is 285 g/mol. The molecule has 0 heterocycles. The van der Waals surface area contributed by atoms with Crippen molar-refractivity contribution in [3.05, 3.63) is 35.4 Å². The highest BCUT2D eigenvalue weighted by Crippen LogP contribution is 2.22. The Balaban J connectivity index is 2.64. The molecule has 1 aromatic rings. The van der Waals surface area contributed by atoms with E-state index in [2.05, 4.69) is 5.32 Å². The largest absolute Gasteiger partial charge is 0.393 e. The second-order valence-electron chi connectivity index (χ2n) is 5.29. The van der Waals surface area contributed by atoms with Gasteiger partial charge in [-0.05, 0) is 38.3 Å². The summed E-state index contributed by atoms with van der Waals surface area (Å²) in [5, 5.41) is 11.9. The summed E-state index contributed by atoms with van der Waals surface area (Å²) in [6.45, 7) is 5.40. The highest BCUT2D eigenvalue weighted by atomic mass is 19.1. The van der Waals surface area contributed by atoms with Crippen LogP contribution in [0, 0.1) is 17.6 Å². The summed E-state index contributed by atoms with van der Waals surface area (Å²) in [6, 6.07) is 3.54. The molecule has 0 aliphatic rings. The zero-order valence-electron chi connectivity index (χ0n) is 12.0. The molecule has 0 saturated heterocycles. The second-order valence-corrected chi connectivity index (χ2v) is 5.29. The Hall–Kier alpha value is -1.49. The third-order valence-electron chi connectivity index (χ3n) is 3.19. The lowest BCUT2D eigenvalue weighted by molar-refractivity contribution is -0.122. The van der Waals surface area contributed by atoms with E-state index in [-0.39, 0.29) is 11.5 Å². The van der Waals surface area contributed by atoms with Crippen molar-refractivity contribution in [1.82, 2.24) is 5.32 Å². The number of rotatable bonds is 6. The lowest BCUT2D eigenvalue weighted by Gasteiger charge is -2.17. The van der Waals surface area contributed by atoms with Crippen molar-refractivity contribution >= 4 is 5.91 Å². The van der Waals surface area contributed by atoms with E-state index in [1.165, 1.54) is 13.0 Å². The van der Waals surface area contributed by atoms with Crippen LogP contribution in [0.1, 0.15) is 38.7 Å². The molecular weight excluding hydrogens is 264 g/mol. The minimum absolute atomic E-state index is 0.0941. The first-order valence-corrected chi connectivity index (χ1v) is 6.72. The number of hydrogen-bond acceptors (Lipinski definition) is 2. The average Bonchev–Trinajstić information content (AvgIpc) is 2.34. The fourth-order valence-electron chi connectivity index (χ4n) is 2.15. The minimum atomic E-state index is -0.894. The van der Waals surface area contributed by atoms with Crippen LogP contribution in [0.15, 0.2) is 18.2 Å². The fraction of sp³-hybridized carbons (Fsp3) is 0.533. The molecule has 0 radical (unpaired) electrons. The van der Waals surface area contributed by atoms with E-state index in [0.29, 0.717) is 13.0 Å². The van der Waals surface area contributed by atoms with Gasteiger partial charge in [0.25, 0.3) is 0 Å². The minimum Gasteiger partial charge on any atom is -0.393 e. The van der Waals surface area contributed by atoms with Gasteiger partial charge < -0.3 is 10.4 Å². The van der Waals surface area contributed by atoms with Gasteiger partial charge in [0.15, 0.2) is 0 Å². The molecule has 2 N–H and O–H groups in total. The molecule has 0 fully saturated rings. The Morgan fingerprint density at radius 3 is 2.30 bits per heavy atom. The smallest absolute Gasteiger partial charge is 0.227 e. The molecule has 0 saturated carbocycles. The van der Waals surface area contributed by atoms with Gasteiger partial charge >= 0.3 is 0 Å². The van der Waals surface area contributed by atoms with Gasteiger partial charge in [-0.15, -0.1) is 0 Å². The number of benzene rings is 1. The summed E-state index contributed by atoms with van der Waals surface area (Å²) in [5.74, 6) is -2.66. The number of hydrogen-bond donors (Lipinski definition) is 2. The fourth-order valence-corrected chi connectivity index (χ4v) is 2.15. The van der Waals surface area contributed by atoms with Crippen molar-refractivity contribution in [2.24, 2.45) is 5.92 Å². The maximum absolute atomic E-state index is 13.6. The molecule has 0 spiro atoms. The molecule has 3 atom stereocenters. The second kappa shape index (κ2) is 7.33. The first kappa shape index (κ1) is 16.6. The molecule has 112 valence electrons. The topological polar surface area (TPSA) is 49.3 Å². The van der Waals surface area contributed by atoms with Gasteiger partial charge in [-0.3, -0.25) is 4.79 Å². The summed E-state index contributed by atoms with van der Waals surface area (Å²) in [5.41, 5.74) is -0.215. The summed E-state index contributed by atoms with van der Waals surface area (Å²) in [7, 11) is 0. The van der Waals surface area contributed by atoms with Crippen LogP contribution < -0.4 is 5.32 Å². The Morgan fingerprint density at radius 1 is 1.25 bits per heavy atom. The summed E-state index contributed by atoms with van der Waals surface area (Å²) >= 11 is 0. The number of amides is 1. The van der Waals surface area contributed by atoms with E-state index in [1.54, 1.807) is 6.92 Å². The van der Waals surface area contributed by atoms with Gasteiger partial charge in [-0.2, -0.15) is 0 Å². The predicted octanol–water partition coefficient (Wildman–Crippen LogP) is 2.59. The third kappa shape index (κ3) is 4.56. The lowest BCUT2D eigenvalue weighted by Crippen LogP contribution is -2.33. The van der Waals surface area contributed by atoms with Crippen molar-refractivity contribution in [2.75, 3.05) is 6.54 Å². The van der Waals surface area contributed by atoms with Crippen LogP contribution in [-0.4, -0.2) is 23.7 Å². The Bertz CT molecular complexity index is 443. The zero-order chi connectivity index (χ0) is 15.3. The van der Waals surface area contributed by atoms with Crippen LogP contribution in [0.25, 0.3) is 0 Å². The first-order valence-electron chi connectivity index (χ1n) is 6.72. The van der Waals surface area contributed by atoms with Gasteiger partial charge in [0.05, 0.1) is 12.0 Å². The molecule has 1 aromatic carbocycles. The van der Waals surface area contributed by atoms with Gasteiger partial charge in [0.2, 0.25) is 5.91 Å². The quantitative estimate of drug-likeness (QED) is 0.844. The van der Waals surface area contributed by atoms with Crippen molar-refractivity contribution in [3.63, 3.8) is 0 Å². The van der Waals surface area contributed by atoms with Crippen LogP contribution >= 0.6 is 0 Å². The maximum atomic E-state index is 13.6. The van der Waals surface area contributed by atoms with Crippen molar-refractivity contribution in [3.8, 4) is 0 Å². The van der Waals surface area contributed by atoms with Crippen molar-refractivity contribution in [2.45, 2.75) is 39.2 Å². The molecule has 5 heteroatoms. The van der Waals surface area contributed by atoms with Crippen LogP contribution in [0.3, 0.4) is 0 Å². The Kier molecular flexibility index (Phi) is 6.07. The van der Waals surface area contributed by atoms with Gasteiger partial charge in [0, 0.05) is 12.1 Å². The van der Waals surface area contributed by atoms with Crippen molar-refractivity contribution < 1.29 is 18.7 Å². The summed E-state index contributed by atoms with van der Waals surface area (Å²) in [4.78, 5) is 11.9. The van der Waals surface area contributed by atoms with E-state index < -0.39 is 29.6 Å². The van der Waals surface area contributed by atoms with Crippen LogP contribution in [0.2, 0.25) is 0 Å². The molecule has 1 rings (SSSR count). The van der Waals surface area contributed by atoms with Crippen LogP contribution in [-0.2, 0) is 4.79 Å². The molecule has 20 heavy (non-hydrogen) atoms. The lowest BCUT2D eigenvalue weighted by atomic mass is 9.98. The number of halogens is 2. The van der Waals surface area contributed by atoms with Crippen molar-refractivity contribution in [1.29, 1.82) is 0 Å². The molecule has 3 unspecified atom stereocenters. The van der Waals surface area contributed by atoms with E-state index in [9.17, 15) is 18.7 Å². The van der Waals surface area contributed by atoms with Gasteiger partial charge in [-0.1, -0.05) is 13.0 Å². The molecule has 3 nitrogen and oxygen atoms in total. The molecule has 0 bridgehead atoms. The molecular formula is C15H21F2NO2. The number of carbonyl (C=O) groups is 1. The SMILES string of the molecule is CC(O)CC(C)CNC(=O)C(C)c1c(F)cccc1F. The van der Waals surface area contributed by atoms with Gasteiger partial charge in [0.1, 0.15) is 11.6 Å². The standard InChI is InChI=1S/C15H21F2NO2/c1-9(7-10(2)19)8-18-15(20)11(3)14-12(16)5-4-6-13(14)17/h4-6,9-11,19H,7-8H2,1-3H3,(H,18,20). The van der Waals surface area contributed by atoms with E-state index >= 15 is 0 Å². The van der Waals surface area contributed by atoms with E-state index in [4.69, 9.17) is 0 Å². The highest BCUT2D eigenvalue weighted by Gasteiger charge is 2.22. The number of aliphatic hydroxyl groups excluding tert-OH is 1. The Labute approximate surface area is 118 Å². The van der Waals surface area contributed by atoms with E-state index in [1.807, 2.05) is 6.92 Å². The first-order chi connectivity index (χ1) is 9.32. The predicted molar refractivity (Wildman–Crippen MR) is 73.2 cm³/mol. The molecule has 0 aromatic heterocycles. The summed E-state index contributed by atoms with van der Waals surface area (Å²) < 4.78 is 27.2. The normalized spacial score (nSPS) is 15.5. The van der Waals surface area contributed by atoms with Crippen LogP contribution in [0.5, 0.6) is 0 Å².